The van der Waals surface area contributed by atoms with Crippen LogP contribution in [0.5, 0.6) is 11.5 Å². The summed E-state index contributed by atoms with van der Waals surface area (Å²) >= 11 is 6.49. The molecule has 1 aliphatic carbocycles. The molecule has 0 radical (unpaired) electrons. The summed E-state index contributed by atoms with van der Waals surface area (Å²) in [5.41, 5.74) is 3.11. The fraction of sp³-hybridized carbons (Fsp3) is 0.357. The van der Waals surface area contributed by atoms with Gasteiger partial charge in [0.25, 0.3) is 0 Å². The zero-order valence-corrected chi connectivity index (χ0v) is 11.2. The van der Waals surface area contributed by atoms with E-state index in [9.17, 15) is 0 Å². The minimum atomic E-state index is 0.709. The molecule has 1 heterocycles. The van der Waals surface area contributed by atoms with Crippen molar-refractivity contribution in [2.75, 3.05) is 14.2 Å². The lowest BCUT2D eigenvalue weighted by Crippen LogP contribution is -1.96. The largest absolute Gasteiger partial charge is 0.497 e. The van der Waals surface area contributed by atoms with Gasteiger partial charge in [0.2, 0.25) is 0 Å². The topological polar surface area (TPSA) is 31.4 Å². The van der Waals surface area contributed by atoms with Gasteiger partial charge in [0.1, 0.15) is 17.0 Å². The Morgan fingerprint density at radius 3 is 2.72 bits per heavy atom. The fourth-order valence-corrected chi connectivity index (χ4v) is 2.87. The highest BCUT2D eigenvalue weighted by Gasteiger charge is 2.20. The number of nitrogens with zero attached hydrogens (tertiary/aromatic N) is 1. The zero-order chi connectivity index (χ0) is 12.7. The highest BCUT2D eigenvalue weighted by Crippen LogP contribution is 2.39. The molecule has 0 atom stereocenters. The van der Waals surface area contributed by atoms with Crippen LogP contribution in [0.4, 0.5) is 0 Å². The minimum absolute atomic E-state index is 0.709. The smallest absolute Gasteiger partial charge is 0.148 e. The van der Waals surface area contributed by atoms with Crippen LogP contribution in [0, 0.1) is 0 Å². The molecule has 0 amide bonds. The summed E-state index contributed by atoms with van der Waals surface area (Å²) in [5, 5.41) is 1.71. The number of aromatic nitrogens is 1. The second-order valence-electron chi connectivity index (χ2n) is 4.43. The van der Waals surface area contributed by atoms with Gasteiger partial charge in [-0.15, -0.1) is 0 Å². The molecule has 18 heavy (non-hydrogen) atoms. The molecule has 0 unspecified atom stereocenters. The van der Waals surface area contributed by atoms with Crippen molar-refractivity contribution in [3.05, 3.63) is 28.4 Å². The number of halogens is 1. The fourth-order valence-electron chi connectivity index (χ4n) is 2.52. The van der Waals surface area contributed by atoms with Crippen molar-refractivity contribution in [3.8, 4) is 11.5 Å². The SMILES string of the molecule is COc1cc(OC)c2nc3c(c(Cl)c2c1)CCC3. The van der Waals surface area contributed by atoms with Crippen molar-refractivity contribution in [1.29, 1.82) is 0 Å². The maximum Gasteiger partial charge on any atom is 0.148 e. The average Bonchev–Trinajstić information content (AvgIpc) is 2.86. The number of rotatable bonds is 2. The maximum atomic E-state index is 6.49. The molecule has 94 valence electrons. The van der Waals surface area contributed by atoms with Crippen LogP contribution in [0.3, 0.4) is 0 Å². The van der Waals surface area contributed by atoms with Crippen molar-refractivity contribution in [1.82, 2.24) is 4.98 Å². The standard InChI is InChI=1S/C14H14ClNO2/c1-17-8-6-10-13(15)9-4-3-5-11(9)16-14(10)12(7-8)18-2/h6-7H,3-5H2,1-2H3. The number of aryl methyl sites for hydroxylation is 1. The van der Waals surface area contributed by atoms with Crippen LogP contribution in [0.2, 0.25) is 5.02 Å². The molecule has 1 aromatic carbocycles. The Bertz CT molecular complexity index is 625. The normalized spacial score (nSPS) is 13.7. The maximum absolute atomic E-state index is 6.49. The van der Waals surface area contributed by atoms with E-state index in [4.69, 9.17) is 26.1 Å². The Hall–Kier alpha value is -1.48. The van der Waals surface area contributed by atoms with Crippen molar-refractivity contribution >= 4 is 22.5 Å². The Labute approximate surface area is 111 Å². The third-order valence-corrected chi connectivity index (χ3v) is 3.87. The second-order valence-corrected chi connectivity index (χ2v) is 4.81. The molecule has 0 aliphatic heterocycles. The van der Waals surface area contributed by atoms with E-state index in [1.54, 1.807) is 14.2 Å². The summed E-state index contributed by atoms with van der Waals surface area (Å²) in [6.45, 7) is 0. The Kier molecular flexibility index (Phi) is 2.78. The minimum Gasteiger partial charge on any atom is -0.497 e. The molecule has 0 saturated carbocycles. The number of hydrogen-bond donors (Lipinski definition) is 0. The molecule has 3 nitrogen and oxygen atoms in total. The average molecular weight is 264 g/mol. The molecule has 0 N–H and O–H groups in total. The van der Waals surface area contributed by atoms with Gasteiger partial charge < -0.3 is 9.47 Å². The van der Waals surface area contributed by atoms with Crippen molar-refractivity contribution in [2.45, 2.75) is 19.3 Å². The predicted molar refractivity (Wildman–Crippen MR) is 71.9 cm³/mol. The molecule has 1 aromatic heterocycles. The van der Waals surface area contributed by atoms with Gasteiger partial charge in [-0.1, -0.05) is 11.6 Å². The number of fused-ring (bicyclic) bond motifs is 2. The van der Waals surface area contributed by atoms with Gasteiger partial charge >= 0.3 is 0 Å². The summed E-state index contributed by atoms with van der Waals surface area (Å²) in [4.78, 5) is 4.70. The van der Waals surface area contributed by atoms with Gasteiger partial charge in [0, 0.05) is 17.1 Å². The number of methoxy groups -OCH3 is 2. The molecule has 0 fully saturated rings. The number of pyridine rings is 1. The van der Waals surface area contributed by atoms with Gasteiger partial charge in [-0.3, -0.25) is 0 Å². The van der Waals surface area contributed by atoms with Crippen LogP contribution in [0.1, 0.15) is 17.7 Å². The molecular weight excluding hydrogens is 250 g/mol. The van der Waals surface area contributed by atoms with Crippen LogP contribution in [0.25, 0.3) is 10.9 Å². The summed E-state index contributed by atoms with van der Waals surface area (Å²) in [6.07, 6.45) is 3.13. The van der Waals surface area contributed by atoms with E-state index in [1.807, 2.05) is 12.1 Å². The Morgan fingerprint density at radius 1 is 1.17 bits per heavy atom. The first kappa shape index (κ1) is 11.6. The number of benzene rings is 1. The molecule has 4 heteroatoms. The molecule has 1 aliphatic rings. The molecule has 0 saturated heterocycles. The van der Waals surface area contributed by atoms with Gasteiger partial charge in [0.15, 0.2) is 0 Å². The zero-order valence-electron chi connectivity index (χ0n) is 10.4. The van der Waals surface area contributed by atoms with E-state index < -0.39 is 0 Å². The number of ether oxygens (including phenoxy) is 2. The summed E-state index contributed by atoms with van der Waals surface area (Å²) in [6, 6.07) is 3.76. The molecule has 3 rings (SSSR count). The number of hydrogen-bond acceptors (Lipinski definition) is 3. The first-order valence-electron chi connectivity index (χ1n) is 5.97. The summed E-state index contributed by atoms with van der Waals surface area (Å²) in [5.74, 6) is 1.45. The van der Waals surface area contributed by atoms with Crippen LogP contribution in [0.15, 0.2) is 12.1 Å². The van der Waals surface area contributed by atoms with Crippen molar-refractivity contribution in [2.24, 2.45) is 0 Å². The Morgan fingerprint density at radius 2 is 2.00 bits per heavy atom. The third kappa shape index (κ3) is 1.62. The first-order valence-corrected chi connectivity index (χ1v) is 6.35. The summed E-state index contributed by atoms with van der Waals surface area (Å²) in [7, 11) is 3.27. The van der Waals surface area contributed by atoms with Crippen molar-refractivity contribution in [3.63, 3.8) is 0 Å². The highest BCUT2D eigenvalue weighted by molar-refractivity contribution is 6.36. The Balaban J connectivity index is 2.38. The van der Waals surface area contributed by atoms with Crippen LogP contribution < -0.4 is 9.47 Å². The van der Waals surface area contributed by atoms with Gasteiger partial charge in [-0.05, 0) is 30.9 Å². The van der Waals surface area contributed by atoms with Gasteiger partial charge in [-0.25, -0.2) is 4.98 Å². The van der Waals surface area contributed by atoms with Crippen molar-refractivity contribution < 1.29 is 9.47 Å². The van der Waals surface area contributed by atoms with Crippen LogP contribution in [-0.2, 0) is 12.8 Å². The monoisotopic (exact) mass is 263 g/mol. The second kappa shape index (κ2) is 4.32. The highest BCUT2D eigenvalue weighted by atomic mass is 35.5. The lowest BCUT2D eigenvalue weighted by molar-refractivity contribution is 0.397. The molecule has 2 aromatic rings. The first-order chi connectivity index (χ1) is 8.74. The van der Waals surface area contributed by atoms with E-state index in [1.165, 1.54) is 5.56 Å². The van der Waals surface area contributed by atoms with E-state index >= 15 is 0 Å². The van der Waals surface area contributed by atoms with Gasteiger partial charge in [0.05, 0.1) is 19.2 Å². The molecule has 0 bridgehead atoms. The predicted octanol–water partition coefficient (Wildman–Crippen LogP) is 3.39. The van der Waals surface area contributed by atoms with E-state index in [0.29, 0.717) is 5.75 Å². The lowest BCUT2D eigenvalue weighted by atomic mass is 10.1. The quantitative estimate of drug-likeness (QED) is 0.832. The van der Waals surface area contributed by atoms with E-state index in [0.717, 1.165) is 46.6 Å². The van der Waals surface area contributed by atoms with Crippen LogP contribution >= 0.6 is 11.6 Å². The molecular formula is C14H14ClNO2. The van der Waals surface area contributed by atoms with E-state index in [2.05, 4.69) is 0 Å². The summed E-state index contributed by atoms with van der Waals surface area (Å²) < 4.78 is 10.7. The van der Waals surface area contributed by atoms with Gasteiger partial charge in [-0.2, -0.15) is 0 Å². The lowest BCUT2D eigenvalue weighted by Gasteiger charge is -2.12. The van der Waals surface area contributed by atoms with Crippen LogP contribution in [-0.4, -0.2) is 19.2 Å². The molecule has 0 spiro atoms. The van der Waals surface area contributed by atoms with E-state index in [-0.39, 0.29) is 0 Å². The third-order valence-electron chi connectivity index (χ3n) is 3.44.